The first-order chi connectivity index (χ1) is 13.1. The van der Waals surface area contributed by atoms with E-state index in [4.69, 9.17) is 5.73 Å². The topological polar surface area (TPSA) is 38.0 Å². The van der Waals surface area contributed by atoms with Gasteiger partial charge in [-0.25, -0.2) is 0 Å². The molecule has 2 heteroatoms. The van der Waals surface area contributed by atoms with Crippen LogP contribution in [0.4, 0.5) is 5.69 Å². The van der Waals surface area contributed by atoms with E-state index in [9.17, 15) is 0 Å². The molecule has 0 aliphatic heterocycles. The Morgan fingerprint density at radius 2 is 1.89 bits per heavy atom. The van der Waals surface area contributed by atoms with Gasteiger partial charge in [0.2, 0.25) is 0 Å². The standard InChI is InChI=1S/C25H32N2/c1-5-10-23(26)24-17(4)15-22(21(6-2)25(24)27-7-3)20-14-13-18-11-8-9-12-19(18)16-20/h7,10,13-16,27H,3,5-6,8-9,11-12,26H2,1-2,4H3/b23-10+. The van der Waals surface area contributed by atoms with Crippen LogP contribution in [-0.2, 0) is 19.3 Å². The van der Waals surface area contributed by atoms with Crippen LogP contribution >= 0.6 is 0 Å². The number of fused-ring (bicyclic) bond motifs is 1. The summed E-state index contributed by atoms with van der Waals surface area (Å²) < 4.78 is 0. The quantitative estimate of drug-likeness (QED) is 0.628. The molecule has 0 amide bonds. The second-order valence-electron chi connectivity index (χ2n) is 7.43. The van der Waals surface area contributed by atoms with Crippen molar-refractivity contribution in [3.05, 3.63) is 70.9 Å². The zero-order valence-corrected chi connectivity index (χ0v) is 17.0. The first-order valence-electron chi connectivity index (χ1n) is 10.2. The van der Waals surface area contributed by atoms with E-state index in [1.807, 2.05) is 0 Å². The summed E-state index contributed by atoms with van der Waals surface area (Å²) in [5.41, 5.74) is 17.6. The van der Waals surface area contributed by atoms with Crippen molar-refractivity contribution in [1.29, 1.82) is 0 Å². The largest absolute Gasteiger partial charge is 0.398 e. The molecular weight excluding hydrogens is 328 g/mol. The fraction of sp³-hybridized carbons (Fsp3) is 0.360. The van der Waals surface area contributed by atoms with Crippen molar-refractivity contribution in [3.8, 4) is 11.1 Å². The lowest BCUT2D eigenvalue weighted by atomic mass is 9.85. The van der Waals surface area contributed by atoms with Crippen molar-refractivity contribution >= 4 is 11.4 Å². The first-order valence-corrected chi connectivity index (χ1v) is 10.2. The van der Waals surface area contributed by atoms with Gasteiger partial charge in [-0.05, 0) is 85.0 Å². The molecule has 1 aliphatic rings. The molecule has 0 heterocycles. The molecule has 0 bridgehead atoms. The van der Waals surface area contributed by atoms with Crippen molar-refractivity contribution in [2.24, 2.45) is 5.73 Å². The van der Waals surface area contributed by atoms with E-state index in [-0.39, 0.29) is 0 Å². The number of anilines is 1. The number of aryl methyl sites for hydroxylation is 3. The summed E-state index contributed by atoms with van der Waals surface area (Å²) in [6, 6.07) is 9.34. The molecule has 142 valence electrons. The van der Waals surface area contributed by atoms with Gasteiger partial charge in [-0.2, -0.15) is 0 Å². The van der Waals surface area contributed by atoms with Gasteiger partial charge in [0.05, 0.1) is 5.69 Å². The molecule has 0 spiro atoms. The minimum atomic E-state index is 0.839. The van der Waals surface area contributed by atoms with Crippen molar-refractivity contribution in [3.63, 3.8) is 0 Å². The number of hydrogen-bond donors (Lipinski definition) is 2. The summed E-state index contributed by atoms with van der Waals surface area (Å²) in [5.74, 6) is 0. The lowest BCUT2D eigenvalue weighted by Gasteiger charge is -2.22. The molecule has 3 rings (SSSR count). The zero-order valence-electron chi connectivity index (χ0n) is 17.0. The fourth-order valence-corrected chi connectivity index (χ4v) is 4.34. The van der Waals surface area contributed by atoms with Crippen molar-refractivity contribution < 1.29 is 0 Å². The van der Waals surface area contributed by atoms with E-state index in [0.717, 1.165) is 29.8 Å². The second-order valence-corrected chi connectivity index (χ2v) is 7.43. The van der Waals surface area contributed by atoms with Gasteiger partial charge in [-0.3, -0.25) is 0 Å². The van der Waals surface area contributed by atoms with Gasteiger partial charge in [0.1, 0.15) is 0 Å². The van der Waals surface area contributed by atoms with Gasteiger partial charge in [0.25, 0.3) is 0 Å². The Morgan fingerprint density at radius 1 is 1.15 bits per heavy atom. The fourth-order valence-electron chi connectivity index (χ4n) is 4.34. The summed E-state index contributed by atoms with van der Waals surface area (Å²) in [4.78, 5) is 0. The predicted molar refractivity (Wildman–Crippen MR) is 119 cm³/mol. The van der Waals surface area contributed by atoms with Crippen LogP contribution in [0.2, 0.25) is 0 Å². The Bertz CT molecular complexity index is 874. The van der Waals surface area contributed by atoms with Crippen molar-refractivity contribution in [2.45, 2.75) is 59.3 Å². The Morgan fingerprint density at radius 3 is 2.56 bits per heavy atom. The Kier molecular flexibility index (Phi) is 6.05. The average molecular weight is 361 g/mol. The van der Waals surface area contributed by atoms with Gasteiger partial charge in [0, 0.05) is 11.3 Å². The van der Waals surface area contributed by atoms with Crippen LogP contribution in [-0.4, -0.2) is 0 Å². The Hall–Kier alpha value is -2.48. The summed E-state index contributed by atoms with van der Waals surface area (Å²) in [6.07, 6.45) is 10.7. The van der Waals surface area contributed by atoms with E-state index in [0.29, 0.717) is 0 Å². The van der Waals surface area contributed by atoms with Crippen LogP contribution in [0, 0.1) is 6.92 Å². The number of benzene rings is 2. The Balaban J connectivity index is 2.22. The van der Waals surface area contributed by atoms with Gasteiger partial charge >= 0.3 is 0 Å². The number of allylic oxidation sites excluding steroid dienone is 1. The molecule has 0 aromatic heterocycles. The van der Waals surface area contributed by atoms with Gasteiger partial charge in [-0.1, -0.05) is 50.8 Å². The highest BCUT2D eigenvalue weighted by Crippen LogP contribution is 2.38. The molecule has 0 atom stereocenters. The van der Waals surface area contributed by atoms with Crippen LogP contribution < -0.4 is 11.1 Å². The lowest BCUT2D eigenvalue weighted by Crippen LogP contribution is -2.08. The molecule has 0 saturated heterocycles. The Labute approximate surface area is 164 Å². The highest BCUT2D eigenvalue weighted by Gasteiger charge is 2.18. The van der Waals surface area contributed by atoms with E-state index >= 15 is 0 Å². The van der Waals surface area contributed by atoms with Gasteiger partial charge in [0.15, 0.2) is 0 Å². The summed E-state index contributed by atoms with van der Waals surface area (Å²) in [5, 5.41) is 3.39. The van der Waals surface area contributed by atoms with E-state index in [1.54, 1.807) is 6.20 Å². The van der Waals surface area contributed by atoms with Crippen LogP contribution in [0.3, 0.4) is 0 Å². The van der Waals surface area contributed by atoms with Gasteiger partial charge < -0.3 is 11.1 Å². The highest BCUT2D eigenvalue weighted by molar-refractivity contribution is 5.86. The molecule has 2 nitrogen and oxygen atoms in total. The highest BCUT2D eigenvalue weighted by atomic mass is 14.9. The second kappa shape index (κ2) is 8.47. The SMILES string of the molecule is C=CNc1c(CC)c(-c2ccc3c(c2)CCCC3)cc(C)c1/C(N)=C\CC. The molecule has 3 N–H and O–H groups in total. The molecule has 0 unspecified atom stereocenters. The van der Waals surface area contributed by atoms with Crippen LogP contribution in [0.1, 0.15) is 60.9 Å². The molecule has 2 aromatic rings. The third kappa shape index (κ3) is 3.80. The molecule has 1 aliphatic carbocycles. The number of nitrogens with one attached hydrogen (secondary N) is 1. The zero-order chi connectivity index (χ0) is 19.4. The third-order valence-corrected chi connectivity index (χ3v) is 5.60. The maximum absolute atomic E-state index is 6.43. The van der Waals surface area contributed by atoms with Crippen molar-refractivity contribution in [1.82, 2.24) is 0 Å². The maximum Gasteiger partial charge on any atom is 0.0515 e. The number of nitrogens with two attached hydrogens (primary N) is 1. The normalized spacial score (nSPS) is 14.0. The lowest BCUT2D eigenvalue weighted by molar-refractivity contribution is 0.686. The average Bonchev–Trinajstić information content (AvgIpc) is 2.67. The first kappa shape index (κ1) is 19.3. The molecule has 27 heavy (non-hydrogen) atoms. The number of hydrogen-bond acceptors (Lipinski definition) is 2. The maximum atomic E-state index is 6.43. The smallest absolute Gasteiger partial charge is 0.0515 e. The third-order valence-electron chi connectivity index (χ3n) is 5.60. The molecule has 0 radical (unpaired) electrons. The van der Waals surface area contributed by atoms with E-state index in [1.165, 1.54) is 59.1 Å². The monoisotopic (exact) mass is 360 g/mol. The van der Waals surface area contributed by atoms with Crippen LogP contribution in [0.25, 0.3) is 16.8 Å². The van der Waals surface area contributed by atoms with E-state index < -0.39 is 0 Å². The molecule has 0 fully saturated rings. The van der Waals surface area contributed by atoms with E-state index in [2.05, 4.69) is 63.0 Å². The van der Waals surface area contributed by atoms with Crippen LogP contribution in [0.15, 0.2) is 43.1 Å². The molecular formula is C25H32N2. The minimum Gasteiger partial charge on any atom is -0.398 e. The van der Waals surface area contributed by atoms with Gasteiger partial charge in [-0.15, -0.1) is 0 Å². The number of rotatable bonds is 6. The minimum absolute atomic E-state index is 0.839. The molecule has 2 aromatic carbocycles. The summed E-state index contributed by atoms with van der Waals surface area (Å²) >= 11 is 0. The molecule has 0 saturated carbocycles. The summed E-state index contributed by atoms with van der Waals surface area (Å²) in [6.45, 7) is 10.4. The van der Waals surface area contributed by atoms with Crippen LogP contribution in [0.5, 0.6) is 0 Å². The predicted octanol–water partition coefficient (Wildman–Crippen LogP) is 6.37. The van der Waals surface area contributed by atoms with Crippen molar-refractivity contribution in [2.75, 3.05) is 5.32 Å². The summed E-state index contributed by atoms with van der Waals surface area (Å²) in [7, 11) is 0.